The maximum Gasteiger partial charge on any atom is 0.00706 e. The zero-order valence-electron chi connectivity index (χ0n) is 10.0. The Morgan fingerprint density at radius 2 is 1.31 bits per heavy atom. The predicted octanol–water partition coefficient (Wildman–Crippen LogP) is 4.26. The van der Waals surface area contributed by atoms with E-state index in [1.165, 1.54) is 6.42 Å². The first-order valence-electron chi connectivity index (χ1n) is 5.54. The van der Waals surface area contributed by atoms with E-state index < -0.39 is 0 Å². The van der Waals surface area contributed by atoms with Gasteiger partial charge in [-0.25, -0.2) is 0 Å². The SMILES string of the molecule is CC(C)CC(C(C)C)C(S)C(C)C. The molecule has 0 N–H and O–H groups in total. The van der Waals surface area contributed by atoms with Crippen LogP contribution >= 0.6 is 12.6 Å². The Balaban J connectivity index is 4.24. The Labute approximate surface area is 89.9 Å². The summed E-state index contributed by atoms with van der Waals surface area (Å²) < 4.78 is 0. The summed E-state index contributed by atoms with van der Waals surface area (Å²) >= 11 is 4.73. The Kier molecular flexibility index (Phi) is 6.11. The third-order valence-corrected chi connectivity index (χ3v) is 3.70. The molecule has 0 rings (SSSR count). The van der Waals surface area contributed by atoms with Crippen molar-refractivity contribution in [1.29, 1.82) is 0 Å². The minimum Gasteiger partial charge on any atom is -0.175 e. The van der Waals surface area contributed by atoms with Crippen LogP contribution in [0.25, 0.3) is 0 Å². The van der Waals surface area contributed by atoms with Crippen LogP contribution < -0.4 is 0 Å². The highest BCUT2D eigenvalue weighted by atomic mass is 32.1. The van der Waals surface area contributed by atoms with E-state index in [1.807, 2.05) is 0 Å². The van der Waals surface area contributed by atoms with Crippen LogP contribution in [0.1, 0.15) is 48.0 Å². The van der Waals surface area contributed by atoms with Crippen LogP contribution in [0, 0.1) is 23.7 Å². The quantitative estimate of drug-likeness (QED) is 0.633. The van der Waals surface area contributed by atoms with Gasteiger partial charge in [0.1, 0.15) is 0 Å². The van der Waals surface area contributed by atoms with E-state index in [-0.39, 0.29) is 0 Å². The summed E-state index contributed by atoms with van der Waals surface area (Å²) in [6, 6.07) is 0. The summed E-state index contributed by atoms with van der Waals surface area (Å²) in [5, 5.41) is 0.558. The van der Waals surface area contributed by atoms with Gasteiger partial charge in [-0.3, -0.25) is 0 Å². The zero-order valence-corrected chi connectivity index (χ0v) is 10.9. The molecule has 0 aromatic heterocycles. The van der Waals surface area contributed by atoms with Crippen molar-refractivity contribution in [3.63, 3.8) is 0 Å². The standard InChI is InChI=1S/C12H26S/c1-8(2)7-11(9(3)4)12(13)10(5)6/h8-13H,7H2,1-6H3. The molecule has 1 heteroatoms. The fourth-order valence-electron chi connectivity index (χ4n) is 1.84. The molecule has 80 valence electrons. The predicted molar refractivity (Wildman–Crippen MR) is 65.4 cm³/mol. The first-order valence-corrected chi connectivity index (χ1v) is 6.06. The van der Waals surface area contributed by atoms with Crippen molar-refractivity contribution in [1.82, 2.24) is 0 Å². The molecule has 0 aliphatic carbocycles. The third kappa shape index (κ3) is 4.95. The van der Waals surface area contributed by atoms with Gasteiger partial charge in [0.2, 0.25) is 0 Å². The Morgan fingerprint density at radius 1 is 0.846 bits per heavy atom. The van der Waals surface area contributed by atoms with Crippen molar-refractivity contribution in [2.75, 3.05) is 0 Å². The number of thiol groups is 1. The van der Waals surface area contributed by atoms with Gasteiger partial charge in [-0.05, 0) is 30.1 Å². The van der Waals surface area contributed by atoms with Crippen LogP contribution in [0.2, 0.25) is 0 Å². The highest BCUT2D eigenvalue weighted by Gasteiger charge is 2.24. The molecule has 0 saturated carbocycles. The molecular formula is C12H26S. The van der Waals surface area contributed by atoms with Crippen molar-refractivity contribution < 1.29 is 0 Å². The molecule has 0 fully saturated rings. The summed E-state index contributed by atoms with van der Waals surface area (Å²) in [5.74, 6) is 3.01. The van der Waals surface area contributed by atoms with Crippen molar-refractivity contribution in [3.8, 4) is 0 Å². The number of rotatable bonds is 5. The van der Waals surface area contributed by atoms with Gasteiger partial charge in [-0.1, -0.05) is 41.5 Å². The normalized spacial score (nSPS) is 17.1. The molecule has 0 heterocycles. The van der Waals surface area contributed by atoms with Crippen LogP contribution in [0.5, 0.6) is 0 Å². The highest BCUT2D eigenvalue weighted by molar-refractivity contribution is 7.81. The molecule has 0 aromatic rings. The second-order valence-corrected chi connectivity index (χ2v) is 5.87. The largest absolute Gasteiger partial charge is 0.175 e. The summed E-state index contributed by atoms with van der Waals surface area (Å²) in [6.07, 6.45) is 1.31. The molecular weight excluding hydrogens is 176 g/mol. The van der Waals surface area contributed by atoms with E-state index in [1.54, 1.807) is 0 Å². The van der Waals surface area contributed by atoms with Crippen LogP contribution in [0.3, 0.4) is 0 Å². The summed E-state index contributed by atoms with van der Waals surface area (Å²) in [5.41, 5.74) is 0. The molecule has 0 nitrogen and oxygen atoms in total. The van der Waals surface area contributed by atoms with E-state index in [9.17, 15) is 0 Å². The molecule has 0 aliphatic rings. The van der Waals surface area contributed by atoms with Crippen molar-refractivity contribution in [3.05, 3.63) is 0 Å². The summed E-state index contributed by atoms with van der Waals surface area (Å²) in [6.45, 7) is 13.8. The lowest BCUT2D eigenvalue weighted by Crippen LogP contribution is -2.26. The molecule has 0 spiro atoms. The zero-order chi connectivity index (χ0) is 10.6. The van der Waals surface area contributed by atoms with Gasteiger partial charge in [0.25, 0.3) is 0 Å². The number of hydrogen-bond acceptors (Lipinski definition) is 1. The highest BCUT2D eigenvalue weighted by Crippen LogP contribution is 2.30. The fraction of sp³-hybridized carbons (Fsp3) is 1.00. The minimum atomic E-state index is 0.558. The molecule has 0 radical (unpaired) electrons. The van der Waals surface area contributed by atoms with Gasteiger partial charge in [-0.15, -0.1) is 0 Å². The Hall–Kier alpha value is 0.350. The molecule has 0 aliphatic heterocycles. The Bertz CT molecular complexity index is 127. The molecule has 2 atom stereocenters. The van der Waals surface area contributed by atoms with Crippen LogP contribution in [0.4, 0.5) is 0 Å². The summed E-state index contributed by atoms with van der Waals surface area (Å²) in [4.78, 5) is 0. The average Bonchev–Trinajstić information content (AvgIpc) is 1.97. The van der Waals surface area contributed by atoms with Gasteiger partial charge >= 0.3 is 0 Å². The van der Waals surface area contributed by atoms with Crippen LogP contribution in [-0.2, 0) is 0 Å². The maximum atomic E-state index is 4.73. The monoisotopic (exact) mass is 202 g/mol. The number of hydrogen-bond donors (Lipinski definition) is 1. The first kappa shape index (κ1) is 13.4. The molecule has 0 amide bonds. The van der Waals surface area contributed by atoms with E-state index in [0.717, 1.165) is 17.8 Å². The van der Waals surface area contributed by atoms with Gasteiger partial charge in [-0.2, -0.15) is 12.6 Å². The van der Waals surface area contributed by atoms with Crippen molar-refractivity contribution >= 4 is 12.6 Å². The van der Waals surface area contributed by atoms with E-state index in [2.05, 4.69) is 41.5 Å². The smallest absolute Gasteiger partial charge is 0.00706 e. The molecule has 13 heavy (non-hydrogen) atoms. The van der Waals surface area contributed by atoms with E-state index >= 15 is 0 Å². The molecule has 2 unspecified atom stereocenters. The van der Waals surface area contributed by atoms with Crippen LogP contribution in [0.15, 0.2) is 0 Å². The maximum absolute atomic E-state index is 4.73. The van der Waals surface area contributed by atoms with Crippen molar-refractivity contribution in [2.45, 2.75) is 53.2 Å². The first-order chi connectivity index (χ1) is 5.86. The molecule has 0 bridgehead atoms. The second-order valence-electron chi connectivity index (χ2n) is 5.27. The lowest BCUT2D eigenvalue weighted by atomic mass is 9.81. The van der Waals surface area contributed by atoms with E-state index in [0.29, 0.717) is 11.2 Å². The molecule has 0 aromatic carbocycles. The third-order valence-electron chi connectivity index (χ3n) is 2.72. The summed E-state index contributed by atoms with van der Waals surface area (Å²) in [7, 11) is 0. The van der Waals surface area contributed by atoms with Gasteiger partial charge < -0.3 is 0 Å². The minimum absolute atomic E-state index is 0.558. The molecule has 0 saturated heterocycles. The fourth-order valence-corrected chi connectivity index (χ4v) is 2.31. The lowest BCUT2D eigenvalue weighted by Gasteiger charge is -2.30. The second kappa shape index (κ2) is 5.95. The topological polar surface area (TPSA) is 0 Å². The van der Waals surface area contributed by atoms with Crippen molar-refractivity contribution in [2.24, 2.45) is 23.7 Å². The van der Waals surface area contributed by atoms with Gasteiger partial charge in [0.05, 0.1) is 0 Å². The van der Waals surface area contributed by atoms with E-state index in [4.69, 9.17) is 12.6 Å². The van der Waals surface area contributed by atoms with Gasteiger partial charge in [0.15, 0.2) is 0 Å². The van der Waals surface area contributed by atoms with Gasteiger partial charge in [0, 0.05) is 5.25 Å². The Morgan fingerprint density at radius 3 is 1.54 bits per heavy atom. The lowest BCUT2D eigenvalue weighted by molar-refractivity contribution is 0.280. The van der Waals surface area contributed by atoms with Crippen LogP contribution in [-0.4, -0.2) is 5.25 Å². The average molecular weight is 202 g/mol.